The fourth-order valence-corrected chi connectivity index (χ4v) is 2.07. The minimum absolute atomic E-state index is 0.867. The summed E-state index contributed by atoms with van der Waals surface area (Å²) in [7, 11) is 1.94. The van der Waals surface area contributed by atoms with E-state index in [0.717, 1.165) is 18.0 Å². The van der Waals surface area contributed by atoms with E-state index in [-0.39, 0.29) is 0 Å². The van der Waals surface area contributed by atoms with Gasteiger partial charge in [-0.3, -0.25) is 0 Å². The third-order valence-electron chi connectivity index (χ3n) is 2.60. The molecule has 0 aliphatic rings. The predicted molar refractivity (Wildman–Crippen MR) is 77.5 cm³/mol. The lowest BCUT2D eigenvalue weighted by molar-refractivity contribution is 0.482. The van der Waals surface area contributed by atoms with E-state index < -0.39 is 0 Å². The highest BCUT2D eigenvalue weighted by molar-refractivity contribution is 7.98. The van der Waals surface area contributed by atoms with Gasteiger partial charge in [-0.25, -0.2) is 0 Å². The van der Waals surface area contributed by atoms with Crippen LogP contribution in [0.4, 0.5) is 0 Å². The quantitative estimate of drug-likeness (QED) is 0.822. The van der Waals surface area contributed by atoms with Crippen molar-refractivity contribution in [1.29, 1.82) is 0 Å². The van der Waals surface area contributed by atoms with E-state index in [4.69, 9.17) is 4.74 Å². The molecule has 0 amide bonds. The van der Waals surface area contributed by atoms with E-state index in [1.165, 1.54) is 10.5 Å². The summed E-state index contributed by atoms with van der Waals surface area (Å²) < 4.78 is 5.78. The van der Waals surface area contributed by atoms with Gasteiger partial charge in [0.05, 0.1) is 0 Å². The van der Waals surface area contributed by atoms with E-state index in [1.807, 2.05) is 31.3 Å². The van der Waals surface area contributed by atoms with E-state index in [1.54, 1.807) is 11.8 Å². The minimum Gasteiger partial charge on any atom is -0.457 e. The molecule has 0 bridgehead atoms. The van der Waals surface area contributed by atoms with Crippen LogP contribution in [0.3, 0.4) is 0 Å². The molecule has 2 aromatic rings. The molecule has 2 aromatic carbocycles. The third-order valence-corrected chi connectivity index (χ3v) is 3.34. The van der Waals surface area contributed by atoms with Gasteiger partial charge in [-0.05, 0) is 55.3 Å². The van der Waals surface area contributed by atoms with Crippen LogP contribution in [-0.4, -0.2) is 13.3 Å². The highest BCUT2D eigenvalue weighted by atomic mass is 32.2. The molecular formula is C15H17NOS. The van der Waals surface area contributed by atoms with Crippen molar-refractivity contribution in [3.63, 3.8) is 0 Å². The number of ether oxygens (including phenoxy) is 1. The van der Waals surface area contributed by atoms with Gasteiger partial charge < -0.3 is 10.1 Å². The maximum atomic E-state index is 5.78. The molecule has 2 nitrogen and oxygen atoms in total. The van der Waals surface area contributed by atoms with Crippen molar-refractivity contribution in [2.24, 2.45) is 0 Å². The second-order valence-electron chi connectivity index (χ2n) is 3.95. The Labute approximate surface area is 112 Å². The molecule has 0 aliphatic carbocycles. The van der Waals surface area contributed by atoms with Gasteiger partial charge >= 0.3 is 0 Å². The molecule has 0 fully saturated rings. The van der Waals surface area contributed by atoms with Crippen molar-refractivity contribution >= 4 is 11.8 Å². The van der Waals surface area contributed by atoms with Gasteiger partial charge in [0.1, 0.15) is 11.5 Å². The molecule has 0 radical (unpaired) electrons. The summed E-state index contributed by atoms with van der Waals surface area (Å²) in [5.41, 5.74) is 1.25. The predicted octanol–water partition coefficient (Wildman–Crippen LogP) is 3.92. The lowest BCUT2D eigenvalue weighted by Crippen LogP contribution is -2.04. The van der Waals surface area contributed by atoms with Gasteiger partial charge in [-0.2, -0.15) is 0 Å². The average Bonchev–Trinajstić information content (AvgIpc) is 2.42. The van der Waals surface area contributed by atoms with Gasteiger partial charge in [-0.1, -0.05) is 12.1 Å². The molecule has 1 N–H and O–H groups in total. The lowest BCUT2D eigenvalue weighted by Gasteiger charge is -2.07. The number of thioether (sulfide) groups is 1. The first-order valence-electron chi connectivity index (χ1n) is 5.87. The number of nitrogens with one attached hydrogen (secondary N) is 1. The van der Waals surface area contributed by atoms with Crippen LogP contribution in [0.2, 0.25) is 0 Å². The average molecular weight is 259 g/mol. The number of benzene rings is 2. The first-order chi connectivity index (χ1) is 8.81. The first-order valence-corrected chi connectivity index (χ1v) is 7.10. The van der Waals surface area contributed by atoms with Crippen molar-refractivity contribution in [1.82, 2.24) is 5.32 Å². The maximum absolute atomic E-state index is 5.78. The fraction of sp³-hybridized carbons (Fsp3) is 0.200. The number of rotatable bonds is 5. The summed E-state index contributed by atoms with van der Waals surface area (Å²) >= 11 is 1.73. The zero-order chi connectivity index (χ0) is 12.8. The summed E-state index contributed by atoms with van der Waals surface area (Å²) in [4.78, 5) is 1.24. The molecule has 0 heterocycles. The summed E-state index contributed by atoms with van der Waals surface area (Å²) in [5, 5.41) is 3.12. The van der Waals surface area contributed by atoms with Crippen LogP contribution in [0.1, 0.15) is 5.56 Å². The van der Waals surface area contributed by atoms with Crippen LogP contribution in [0.15, 0.2) is 53.4 Å². The summed E-state index contributed by atoms with van der Waals surface area (Å²) in [6, 6.07) is 16.2. The second kappa shape index (κ2) is 6.47. The fourth-order valence-electron chi connectivity index (χ4n) is 1.66. The normalized spacial score (nSPS) is 10.3. The van der Waals surface area contributed by atoms with Crippen LogP contribution in [0.25, 0.3) is 0 Å². The SMILES string of the molecule is CNCc1ccc(Oc2ccc(SC)cc2)cc1. The molecule has 0 saturated carbocycles. The summed E-state index contributed by atoms with van der Waals surface area (Å²) in [5.74, 6) is 1.74. The van der Waals surface area contributed by atoms with Crippen molar-refractivity contribution in [2.75, 3.05) is 13.3 Å². The maximum Gasteiger partial charge on any atom is 0.127 e. The van der Waals surface area contributed by atoms with Gasteiger partial charge in [0.2, 0.25) is 0 Å². The largest absolute Gasteiger partial charge is 0.457 e. The Hall–Kier alpha value is -1.45. The van der Waals surface area contributed by atoms with Gasteiger partial charge in [-0.15, -0.1) is 11.8 Å². The van der Waals surface area contributed by atoms with Crippen LogP contribution >= 0.6 is 11.8 Å². The first kappa shape index (κ1) is 13.0. The zero-order valence-corrected chi connectivity index (χ0v) is 11.5. The van der Waals surface area contributed by atoms with Crippen LogP contribution in [-0.2, 0) is 6.54 Å². The Bertz CT molecular complexity index is 479. The van der Waals surface area contributed by atoms with Gasteiger partial charge in [0.25, 0.3) is 0 Å². The molecule has 94 valence electrons. The lowest BCUT2D eigenvalue weighted by atomic mass is 10.2. The van der Waals surface area contributed by atoms with E-state index >= 15 is 0 Å². The molecular weight excluding hydrogens is 242 g/mol. The Morgan fingerprint density at radius 3 is 2.00 bits per heavy atom. The highest BCUT2D eigenvalue weighted by Crippen LogP contribution is 2.24. The molecule has 0 aromatic heterocycles. The standard InChI is InChI=1S/C15H17NOS/c1-16-11-12-3-5-13(6-4-12)17-14-7-9-15(18-2)10-8-14/h3-10,16H,11H2,1-2H3. The van der Waals surface area contributed by atoms with E-state index in [0.29, 0.717) is 0 Å². The van der Waals surface area contributed by atoms with E-state index in [2.05, 4.69) is 35.8 Å². The minimum atomic E-state index is 0.867. The molecule has 0 aliphatic heterocycles. The van der Waals surface area contributed by atoms with Gasteiger partial charge in [0, 0.05) is 11.4 Å². The van der Waals surface area contributed by atoms with Crippen molar-refractivity contribution < 1.29 is 4.74 Å². The van der Waals surface area contributed by atoms with Gasteiger partial charge in [0.15, 0.2) is 0 Å². The summed E-state index contributed by atoms with van der Waals surface area (Å²) in [6.45, 7) is 0.878. The Balaban J connectivity index is 2.03. The van der Waals surface area contributed by atoms with Crippen LogP contribution < -0.4 is 10.1 Å². The zero-order valence-electron chi connectivity index (χ0n) is 10.6. The van der Waals surface area contributed by atoms with E-state index in [9.17, 15) is 0 Å². The molecule has 0 saturated heterocycles. The van der Waals surface area contributed by atoms with Crippen molar-refractivity contribution in [3.8, 4) is 11.5 Å². The third kappa shape index (κ3) is 3.52. The number of hydrogen-bond donors (Lipinski definition) is 1. The molecule has 0 unspecified atom stereocenters. The number of hydrogen-bond acceptors (Lipinski definition) is 3. The molecule has 0 spiro atoms. The Morgan fingerprint density at radius 1 is 0.944 bits per heavy atom. The van der Waals surface area contributed by atoms with Crippen molar-refractivity contribution in [3.05, 3.63) is 54.1 Å². The van der Waals surface area contributed by atoms with Crippen molar-refractivity contribution in [2.45, 2.75) is 11.4 Å². The summed E-state index contributed by atoms with van der Waals surface area (Å²) in [6.07, 6.45) is 2.07. The molecule has 0 atom stereocenters. The molecule has 18 heavy (non-hydrogen) atoms. The van der Waals surface area contributed by atoms with Crippen LogP contribution in [0.5, 0.6) is 11.5 Å². The molecule has 2 rings (SSSR count). The second-order valence-corrected chi connectivity index (χ2v) is 4.83. The Kier molecular flexibility index (Phi) is 4.67. The smallest absolute Gasteiger partial charge is 0.127 e. The highest BCUT2D eigenvalue weighted by Gasteiger charge is 1.98. The Morgan fingerprint density at radius 2 is 1.50 bits per heavy atom. The topological polar surface area (TPSA) is 21.3 Å². The van der Waals surface area contributed by atoms with Crippen LogP contribution in [0, 0.1) is 0 Å². The molecule has 3 heteroatoms. The monoisotopic (exact) mass is 259 g/mol.